The normalized spacial score (nSPS) is 11.5. The predicted octanol–water partition coefficient (Wildman–Crippen LogP) is 10.1. The van der Waals surface area contributed by atoms with E-state index in [4.69, 9.17) is 9.47 Å². The van der Waals surface area contributed by atoms with E-state index in [1.807, 2.05) is 0 Å². The topological polar surface area (TPSA) is 114 Å². The molecule has 0 atom stereocenters. The Bertz CT molecular complexity index is 1070. The number of carbonyl (C=O) groups is 2. The zero-order chi connectivity index (χ0) is 38.1. The van der Waals surface area contributed by atoms with E-state index >= 15 is 0 Å². The lowest BCUT2D eigenvalue weighted by molar-refractivity contribution is -0.150. The lowest BCUT2D eigenvalue weighted by atomic mass is 10.0. The van der Waals surface area contributed by atoms with Crippen molar-refractivity contribution in [3.05, 3.63) is 20.4 Å². The van der Waals surface area contributed by atoms with Gasteiger partial charge in [-0.3, -0.25) is 19.2 Å². The van der Waals surface area contributed by atoms with Gasteiger partial charge in [-0.15, -0.1) is 0 Å². The number of nitrogens with one attached hydrogen (secondary N) is 2. The third-order valence-corrected chi connectivity index (χ3v) is 10.1. The maximum Gasteiger partial charge on any atom is 0.306 e. The van der Waals surface area contributed by atoms with E-state index in [1.165, 1.54) is 64.2 Å². The average Bonchev–Trinajstić information content (AvgIpc) is 3.14. The number of esters is 2. The van der Waals surface area contributed by atoms with Crippen LogP contribution in [0.2, 0.25) is 0 Å². The summed E-state index contributed by atoms with van der Waals surface area (Å²) in [4.78, 5) is 51.0. The summed E-state index contributed by atoms with van der Waals surface area (Å²) in [7, 11) is 1.66. The van der Waals surface area contributed by atoms with Gasteiger partial charge in [0.05, 0.1) is 6.61 Å². The molecule has 0 unspecified atom stereocenters. The fraction of sp³-hybridized carbons (Fsp3) is 0.860. The number of hydrogen-bond acceptors (Lipinski definition) is 9. The van der Waals surface area contributed by atoms with Gasteiger partial charge in [-0.1, -0.05) is 124 Å². The Kier molecular flexibility index (Phi) is 30.4. The Morgan fingerprint density at radius 3 is 1.65 bits per heavy atom. The van der Waals surface area contributed by atoms with Crippen LogP contribution in [0.4, 0.5) is 11.4 Å². The van der Waals surface area contributed by atoms with Crippen LogP contribution < -0.4 is 21.5 Å². The summed E-state index contributed by atoms with van der Waals surface area (Å²) in [5.41, 5.74) is -0.143. The number of nitrogens with zero attached hydrogens (tertiary/aromatic N) is 1. The smallest absolute Gasteiger partial charge is 0.306 e. The van der Waals surface area contributed by atoms with Crippen LogP contribution in [0.25, 0.3) is 0 Å². The minimum atomic E-state index is -0.456. The van der Waals surface area contributed by atoms with Crippen LogP contribution in [0.3, 0.4) is 0 Å². The van der Waals surface area contributed by atoms with E-state index in [2.05, 4.69) is 36.3 Å². The molecular weight excluding hydrogens is 654 g/mol. The van der Waals surface area contributed by atoms with E-state index in [-0.39, 0.29) is 18.0 Å². The Balaban J connectivity index is 2.50. The molecule has 0 aliphatic heterocycles. The molecule has 0 aliphatic rings. The van der Waals surface area contributed by atoms with Gasteiger partial charge in [-0.2, -0.15) is 0 Å². The highest BCUT2D eigenvalue weighted by molar-refractivity contribution is 5.73. The van der Waals surface area contributed by atoms with Crippen LogP contribution in [0.1, 0.15) is 194 Å². The van der Waals surface area contributed by atoms with E-state index in [9.17, 15) is 19.2 Å². The largest absolute Gasteiger partial charge is 0.466 e. The molecule has 9 nitrogen and oxygen atoms in total. The van der Waals surface area contributed by atoms with Gasteiger partial charge in [0.2, 0.25) is 0 Å². The molecule has 0 aromatic heterocycles. The molecule has 1 rings (SSSR count). The highest BCUT2D eigenvalue weighted by atomic mass is 16.5. The van der Waals surface area contributed by atoms with Crippen molar-refractivity contribution in [2.75, 3.05) is 50.5 Å². The van der Waals surface area contributed by atoms with Crippen LogP contribution in [-0.2, 0) is 19.1 Å². The molecular formula is C43H79N3O6. The summed E-state index contributed by atoms with van der Waals surface area (Å²) >= 11 is 0. The second kappa shape index (κ2) is 33.2. The molecule has 9 heteroatoms. The van der Waals surface area contributed by atoms with Gasteiger partial charge in [0.15, 0.2) is 0 Å². The Morgan fingerprint density at radius 1 is 0.558 bits per heavy atom. The molecule has 0 radical (unpaired) electrons. The zero-order valence-corrected chi connectivity index (χ0v) is 34.1. The monoisotopic (exact) mass is 734 g/mol. The van der Waals surface area contributed by atoms with Crippen LogP contribution >= 0.6 is 0 Å². The first-order valence-corrected chi connectivity index (χ1v) is 21.7. The highest BCUT2D eigenvalue weighted by Crippen LogP contribution is 2.18. The number of unbranched alkanes of at least 4 members (excludes halogenated alkanes) is 17. The summed E-state index contributed by atoms with van der Waals surface area (Å²) in [5.74, 6) is -0.129. The molecule has 0 saturated heterocycles. The number of carbonyl (C=O) groups excluding carboxylic acids is 2. The second-order valence-electron chi connectivity index (χ2n) is 14.9. The maximum atomic E-state index is 13.0. The van der Waals surface area contributed by atoms with Gasteiger partial charge in [0.25, 0.3) is 10.9 Å². The first kappa shape index (κ1) is 47.6. The van der Waals surface area contributed by atoms with Gasteiger partial charge >= 0.3 is 11.9 Å². The van der Waals surface area contributed by atoms with Crippen molar-refractivity contribution in [3.63, 3.8) is 0 Å². The first-order valence-electron chi connectivity index (χ1n) is 21.7. The predicted molar refractivity (Wildman–Crippen MR) is 218 cm³/mol. The minimum absolute atomic E-state index is 0.0429. The number of hydrogen-bond donors (Lipinski definition) is 2. The van der Waals surface area contributed by atoms with Crippen LogP contribution in [0.5, 0.6) is 0 Å². The summed E-state index contributed by atoms with van der Waals surface area (Å²) < 4.78 is 11.4. The Hall–Kier alpha value is -2.42. The van der Waals surface area contributed by atoms with Crippen molar-refractivity contribution in [3.8, 4) is 0 Å². The molecule has 2 N–H and O–H groups in total. The standard InChI is InChI=1S/C43H79N3O6/c1-5-8-11-13-17-21-28-37(29-22-18-14-12-9-6-2)52-39(48)31-26-34-46(35-27-32-45-41-40(44-4)42(49)43(41)50)33-24-20-16-15-19-23-30-38(47)51-36-25-10-7-3/h37,44-45H,5-36H2,1-4H3. The van der Waals surface area contributed by atoms with Crippen LogP contribution in [0, 0.1) is 0 Å². The maximum absolute atomic E-state index is 13.0. The molecule has 0 spiro atoms. The van der Waals surface area contributed by atoms with Gasteiger partial charge < -0.3 is 25.0 Å². The third-order valence-electron chi connectivity index (χ3n) is 10.1. The lowest BCUT2D eigenvalue weighted by Gasteiger charge is -2.23. The van der Waals surface area contributed by atoms with Gasteiger partial charge in [0, 0.05) is 26.4 Å². The van der Waals surface area contributed by atoms with E-state index in [0.717, 1.165) is 116 Å². The van der Waals surface area contributed by atoms with Crippen LogP contribution in [-0.4, -0.2) is 62.8 Å². The molecule has 0 saturated carbocycles. The first-order chi connectivity index (χ1) is 25.4. The fourth-order valence-corrected chi connectivity index (χ4v) is 6.83. The summed E-state index contributed by atoms with van der Waals surface area (Å²) in [6, 6.07) is 0. The highest BCUT2D eigenvalue weighted by Gasteiger charge is 2.19. The summed E-state index contributed by atoms with van der Waals surface area (Å²) in [6.45, 7) is 10.4. The SMILES string of the molecule is CCCCCCCCC(CCCCCCCC)OC(=O)CCCN(CCCCCCCCC(=O)OCCCCC)CCCNc1c(NC)c(=O)c1=O. The third kappa shape index (κ3) is 24.0. The molecule has 52 heavy (non-hydrogen) atoms. The number of ether oxygens (including phenoxy) is 2. The fourth-order valence-electron chi connectivity index (χ4n) is 6.83. The quantitative estimate of drug-likeness (QED) is 0.0389. The zero-order valence-electron chi connectivity index (χ0n) is 34.1. The van der Waals surface area contributed by atoms with Crippen molar-refractivity contribution in [1.82, 2.24) is 4.90 Å². The molecule has 0 amide bonds. The Morgan fingerprint density at radius 2 is 1.04 bits per heavy atom. The Labute approximate surface area is 317 Å². The minimum Gasteiger partial charge on any atom is -0.466 e. The molecule has 1 aromatic carbocycles. The summed E-state index contributed by atoms with van der Waals surface area (Å²) in [6.07, 6.45) is 29.1. The molecule has 1 aromatic rings. The molecule has 302 valence electrons. The van der Waals surface area contributed by atoms with Crippen molar-refractivity contribution in [2.24, 2.45) is 0 Å². The van der Waals surface area contributed by atoms with Gasteiger partial charge in [-0.25, -0.2) is 0 Å². The van der Waals surface area contributed by atoms with E-state index < -0.39 is 10.9 Å². The number of anilines is 2. The van der Waals surface area contributed by atoms with Gasteiger partial charge in [0.1, 0.15) is 17.5 Å². The van der Waals surface area contributed by atoms with Crippen molar-refractivity contribution < 1.29 is 19.1 Å². The summed E-state index contributed by atoms with van der Waals surface area (Å²) in [5, 5.41) is 5.96. The van der Waals surface area contributed by atoms with Crippen molar-refractivity contribution in [1.29, 1.82) is 0 Å². The van der Waals surface area contributed by atoms with Gasteiger partial charge in [-0.05, 0) is 77.4 Å². The second-order valence-corrected chi connectivity index (χ2v) is 14.9. The lowest BCUT2D eigenvalue weighted by Crippen LogP contribution is -2.37. The average molecular weight is 734 g/mol. The van der Waals surface area contributed by atoms with E-state index in [1.54, 1.807) is 7.05 Å². The molecule has 0 bridgehead atoms. The molecule has 0 heterocycles. The molecule has 0 fully saturated rings. The van der Waals surface area contributed by atoms with E-state index in [0.29, 0.717) is 37.4 Å². The van der Waals surface area contributed by atoms with Crippen molar-refractivity contribution >= 4 is 23.3 Å². The number of rotatable bonds is 38. The molecule has 0 aliphatic carbocycles. The van der Waals surface area contributed by atoms with Crippen molar-refractivity contribution in [2.45, 2.75) is 200 Å². The van der Waals surface area contributed by atoms with Crippen LogP contribution in [0.15, 0.2) is 9.59 Å².